The maximum atomic E-state index is 12.8. The third-order valence-corrected chi connectivity index (χ3v) is 5.53. The molecule has 8 heteroatoms. The fraction of sp³-hybridized carbons (Fsp3) is 0.250. The van der Waals surface area contributed by atoms with Crippen molar-refractivity contribution in [3.05, 3.63) is 66.7 Å². The van der Waals surface area contributed by atoms with E-state index in [1.165, 1.54) is 0 Å². The highest BCUT2D eigenvalue weighted by Crippen LogP contribution is 2.24. The molecule has 4 heterocycles. The van der Waals surface area contributed by atoms with Crippen LogP contribution < -0.4 is 15.4 Å². The molecular weight excluding hydrogens is 404 g/mol. The van der Waals surface area contributed by atoms with Crippen LogP contribution in [-0.4, -0.2) is 44.8 Å². The highest BCUT2D eigenvalue weighted by atomic mass is 16.5. The third-order valence-electron chi connectivity index (χ3n) is 5.53. The molecule has 0 saturated carbocycles. The highest BCUT2D eigenvalue weighted by Gasteiger charge is 2.15. The Morgan fingerprint density at radius 3 is 2.78 bits per heavy atom. The number of carbonyl (C=O) groups excluding carboxylic acids is 1. The number of nitrogens with one attached hydrogen (secondary N) is 2. The summed E-state index contributed by atoms with van der Waals surface area (Å²) in [6.45, 7) is 1.91. The number of amides is 1. The van der Waals surface area contributed by atoms with Gasteiger partial charge in [-0.15, -0.1) is 0 Å². The number of fused-ring (bicyclic) bond motifs is 1. The van der Waals surface area contributed by atoms with Crippen molar-refractivity contribution in [2.75, 3.05) is 18.4 Å². The summed E-state index contributed by atoms with van der Waals surface area (Å²) in [6, 6.07) is 11.1. The molecule has 32 heavy (non-hydrogen) atoms. The largest absolute Gasteiger partial charge is 0.490 e. The van der Waals surface area contributed by atoms with Gasteiger partial charge in [-0.1, -0.05) is 6.07 Å². The lowest BCUT2D eigenvalue weighted by Crippen LogP contribution is -2.34. The molecule has 8 nitrogen and oxygen atoms in total. The summed E-state index contributed by atoms with van der Waals surface area (Å²) in [6.07, 6.45) is 9.30. The zero-order valence-electron chi connectivity index (χ0n) is 17.8. The Morgan fingerprint density at radius 2 is 1.97 bits per heavy atom. The van der Waals surface area contributed by atoms with Crippen molar-refractivity contribution in [1.82, 2.24) is 25.1 Å². The second-order valence-corrected chi connectivity index (χ2v) is 7.94. The molecule has 4 aromatic rings. The second-order valence-electron chi connectivity index (χ2n) is 7.94. The summed E-state index contributed by atoms with van der Waals surface area (Å²) in [5, 5.41) is 11.3. The Morgan fingerprint density at radius 1 is 1.09 bits per heavy atom. The van der Waals surface area contributed by atoms with Gasteiger partial charge >= 0.3 is 0 Å². The summed E-state index contributed by atoms with van der Waals surface area (Å²) in [4.78, 5) is 21.7. The first kappa shape index (κ1) is 20.1. The van der Waals surface area contributed by atoms with Crippen molar-refractivity contribution >= 4 is 22.6 Å². The molecule has 1 fully saturated rings. The predicted octanol–water partition coefficient (Wildman–Crippen LogP) is 3.41. The highest BCUT2D eigenvalue weighted by molar-refractivity contribution is 6.04. The fourth-order valence-electron chi connectivity index (χ4n) is 3.83. The number of carbonyl (C=O) groups is 1. The van der Waals surface area contributed by atoms with Crippen LogP contribution in [0.2, 0.25) is 0 Å². The molecule has 1 aliphatic heterocycles. The molecule has 1 saturated heterocycles. The molecule has 162 valence electrons. The number of ether oxygens (including phenoxy) is 1. The number of nitrogens with zero attached hydrogens (tertiary/aromatic N) is 4. The number of aryl methyl sites for hydroxylation is 1. The van der Waals surface area contributed by atoms with Crippen molar-refractivity contribution in [1.29, 1.82) is 0 Å². The van der Waals surface area contributed by atoms with Gasteiger partial charge in [0.1, 0.15) is 17.7 Å². The lowest BCUT2D eigenvalue weighted by Gasteiger charge is -2.24. The molecule has 1 aliphatic rings. The van der Waals surface area contributed by atoms with Crippen LogP contribution in [0.25, 0.3) is 22.0 Å². The second kappa shape index (κ2) is 8.76. The van der Waals surface area contributed by atoms with E-state index >= 15 is 0 Å². The van der Waals surface area contributed by atoms with E-state index in [9.17, 15) is 4.79 Å². The van der Waals surface area contributed by atoms with Gasteiger partial charge in [-0.2, -0.15) is 5.10 Å². The van der Waals surface area contributed by atoms with Gasteiger partial charge in [0.25, 0.3) is 5.91 Å². The lowest BCUT2D eigenvalue weighted by atomic mass is 10.1. The summed E-state index contributed by atoms with van der Waals surface area (Å²) >= 11 is 0. The fourth-order valence-corrected chi connectivity index (χ4v) is 3.83. The van der Waals surface area contributed by atoms with E-state index in [4.69, 9.17) is 4.74 Å². The van der Waals surface area contributed by atoms with Crippen LogP contribution in [0.1, 0.15) is 23.2 Å². The van der Waals surface area contributed by atoms with Crippen LogP contribution in [0.3, 0.4) is 0 Å². The maximum absolute atomic E-state index is 12.8. The van der Waals surface area contributed by atoms with Gasteiger partial charge < -0.3 is 15.4 Å². The summed E-state index contributed by atoms with van der Waals surface area (Å²) in [5.41, 5.74) is 3.22. The van der Waals surface area contributed by atoms with Crippen molar-refractivity contribution in [3.63, 3.8) is 0 Å². The number of aromatic nitrogens is 4. The Bertz CT molecular complexity index is 1260. The average Bonchev–Trinajstić information content (AvgIpc) is 3.26. The molecule has 5 rings (SSSR count). The van der Waals surface area contributed by atoms with E-state index in [2.05, 4.69) is 25.7 Å². The van der Waals surface area contributed by atoms with Crippen molar-refractivity contribution in [2.24, 2.45) is 7.05 Å². The monoisotopic (exact) mass is 428 g/mol. The van der Waals surface area contributed by atoms with Gasteiger partial charge in [-0.3, -0.25) is 14.5 Å². The third kappa shape index (κ3) is 4.45. The topological polar surface area (TPSA) is 94.0 Å². The van der Waals surface area contributed by atoms with Crippen LogP contribution in [0, 0.1) is 0 Å². The first-order chi connectivity index (χ1) is 15.6. The summed E-state index contributed by atoms with van der Waals surface area (Å²) in [5.74, 6) is 0.947. The molecule has 0 bridgehead atoms. The minimum absolute atomic E-state index is 0.179. The molecule has 0 unspecified atom stereocenters. The molecule has 3 aromatic heterocycles. The smallest absolute Gasteiger partial charge is 0.256 e. The van der Waals surface area contributed by atoms with Gasteiger partial charge in [0.05, 0.1) is 17.9 Å². The molecule has 1 amide bonds. The molecule has 0 radical (unpaired) electrons. The maximum Gasteiger partial charge on any atom is 0.256 e. The van der Waals surface area contributed by atoms with Crippen molar-refractivity contribution in [3.8, 4) is 16.9 Å². The van der Waals surface area contributed by atoms with Crippen LogP contribution in [-0.2, 0) is 7.05 Å². The van der Waals surface area contributed by atoms with Crippen LogP contribution in [0.5, 0.6) is 5.75 Å². The van der Waals surface area contributed by atoms with E-state index in [1.807, 2.05) is 37.5 Å². The minimum atomic E-state index is -0.232. The van der Waals surface area contributed by atoms with Crippen molar-refractivity contribution in [2.45, 2.75) is 18.9 Å². The lowest BCUT2D eigenvalue weighted by molar-refractivity contribution is 0.102. The zero-order valence-corrected chi connectivity index (χ0v) is 17.8. The molecule has 0 spiro atoms. The van der Waals surface area contributed by atoms with Crippen LogP contribution >= 0.6 is 0 Å². The van der Waals surface area contributed by atoms with Gasteiger partial charge in [0.2, 0.25) is 0 Å². The predicted molar refractivity (Wildman–Crippen MR) is 123 cm³/mol. The molecule has 0 aliphatic carbocycles. The molecule has 1 aromatic carbocycles. The minimum Gasteiger partial charge on any atom is -0.490 e. The van der Waals surface area contributed by atoms with E-state index in [-0.39, 0.29) is 12.0 Å². The Kier molecular flexibility index (Phi) is 5.51. The number of piperidine rings is 1. The first-order valence-electron chi connectivity index (χ1n) is 10.7. The van der Waals surface area contributed by atoms with E-state index in [0.29, 0.717) is 17.1 Å². The molecule has 0 atom stereocenters. The Hall–Kier alpha value is -3.78. The number of rotatable bonds is 5. The van der Waals surface area contributed by atoms with E-state index < -0.39 is 0 Å². The van der Waals surface area contributed by atoms with Gasteiger partial charge in [0.15, 0.2) is 0 Å². The Labute approximate surface area is 185 Å². The normalized spacial score (nSPS) is 14.4. The quantitative estimate of drug-likeness (QED) is 0.506. The van der Waals surface area contributed by atoms with Crippen molar-refractivity contribution < 1.29 is 9.53 Å². The summed E-state index contributed by atoms with van der Waals surface area (Å²) in [7, 11) is 1.88. The first-order valence-corrected chi connectivity index (χ1v) is 10.7. The number of benzene rings is 1. The van der Waals surface area contributed by atoms with Crippen LogP contribution in [0.4, 0.5) is 5.82 Å². The van der Waals surface area contributed by atoms with Gasteiger partial charge in [-0.05, 0) is 56.3 Å². The van der Waals surface area contributed by atoms with E-state index in [1.54, 1.807) is 35.4 Å². The van der Waals surface area contributed by atoms with E-state index in [0.717, 1.165) is 48.0 Å². The van der Waals surface area contributed by atoms with Gasteiger partial charge in [-0.25, -0.2) is 4.98 Å². The van der Waals surface area contributed by atoms with Crippen LogP contribution in [0.15, 0.2) is 61.2 Å². The number of anilines is 1. The zero-order chi connectivity index (χ0) is 21.9. The average molecular weight is 428 g/mol. The molecular formula is C24H24N6O2. The standard InChI is InChI=1S/C24H24N6O2/c1-30-15-19(13-28-30)18-9-17-11-23(27-14-22(17)26-12-18)29-24(31)16-3-2-4-21(10-16)32-20-5-7-25-8-6-20/h2-4,9-15,20,25H,5-8H2,1H3,(H,27,29,31). The Balaban J connectivity index is 1.33. The summed E-state index contributed by atoms with van der Waals surface area (Å²) < 4.78 is 7.81. The number of hydrogen-bond acceptors (Lipinski definition) is 6. The molecule has 2 N–H and O–H groups in total. The number of pyridine rings is 2. The van der Waals surface area contributed by atoms with Gasteiger partial charge in [0, 0.05) is 41.5 Å². The SMILES string of the molecule is Cn1cc(-c2cnc3cnc(NC(=O)c4cccc(OC5CCNCC5)c4)cc3c2)cn1. The number of hydrogen-bond donors (Lipinski definition) is 2.